The fourth-order valence-corrected chi connectivity index (χ4v) is 3.01. The Balaban J connectivity index is 1.83. The summed E-state index contributed by atoms with van der Waals surface area (Å²) in [5, 5.41) is 7.74. The zero-order chi connectivity index (χ0) is 15.1. The number of aromatic nitrogens is 2. The van der Waals surface area contributed by atoms with Crippen molar-refractivity contribution in [2.24, 2.45) is 5.92 Å². The number of amides is 2. The van der Waals surface area contributed by atoms with E-state index < -0.39 is 0 Å². The maximum absolute atomic E-state index is 12.5. The van der Waals surface area contributed by atoms with Gasteiger partial charge in [-0.2, -0.15) is 5.10 Å². The van der Waals surface area contributed by atoms with Crippen molar-refractivity contribution in [3.8, 4) is 0 Å². The van der Waals surface area contributed by atoms with E-state index in [1.54, 1.807) is 9.58 Å². The molecule has 1 saturated carbocycles. The Morgan fingerprint density at radius 1 is 1.38 bits per heavy atom. The molecule has 1 aromatic heterocycles. The third-order valence-electron chi connectivity index (χ3n) is 4.12. The van der Waals surface area contributed by atoms with E-state index in [1.807, 2.05) is 13.8 Å². The van der Waals surface area contributed by atoms with Gasteiger partial charge >= 0.3 is 0 Å². The molecule has 0 spiro atoms. The van der Waals surface area contributed by atoms with E-state index in [2.05, 4.69) is 10.4 Å². The van der Waals surface area contributed by atoms with Crippen LogP contribution in [0.2, 0.25) is 5.02 Å². The highest BCUT2D eigenvalue weighted by molar-refractivity contribution is 6.31. The third-order valence-corrected chi connectivity index (χ3v) is 4.61. The van der Waals surface area contributed by atoms with Crippen molar-refractivity contribution in [3.05, 3.63) is 16.4 Å². The molecule has 0 aromatic carbocycles. The van der Waals surface area contributed by atoms with Crippen LogP contribution in [0.25, 0.3) is 0 Å². The fourth-order valence-electron chi connectivity index (χ4n) is 2.81. The first-order valence-electron chi connectivity index (χ1n) is 7.31. The van der Waals surface area contributed by atoms with Gasteiger partial charge in [0.1, 0.15) is 12.6 Å². The Hall–Kier alpha value is -1.56. The summed E-state index contributed by atoms with van der Waals surface area (Å²) in [7, 11) is 0. The van der Waals surface area contributed by atoms with E-state index in [-0.39, 0.29) is 24.4 Å². The van der Waals surface area contributed by atoms with Crippen molar-refractivity contribution in [1.82, 2.24) is 20.0 Å². The molecule has 2 amide bonds. The van der Waals surface area contributed by atoms with Gasteiger partial charge in [0, 0.05) is 6.54 Å². The summed E-state index contributed by atoms with van der Waals surface area (Å²) in [5.41, 5.74) is 1.55. The highest BCUT2D eigenvalue weighted by Crippen LogP contribution is 2.34. The average molecular weight is 311 g/mol. The van der Waals surface area contributed by atoms with E-state index in [1.165, 1.54) is 0 Å². The van der Waals surface area contributed by atoms with Gasteiger partial charge in [-0.1, -0.05) is 11.6 Å². The van der Waals surface area contributed by atoms with Gasteiger partial charge in [-0.15, -0.1) is 0 Å². The molecule has 1 aliphatic heterocycles. The number of piperazine rings is 1. The van der Waals surface area contributed by atoms with E-state index >= 15 is 0 Å². The number of carbonyl (C=O) groups excluding carboxylic acids is 2. The first-order valence-corrected chi connectivity index (χ1v) is 7.69. The smallest absolute Gasteiger partial charge is 0.246 e. The van der Waals surface area contributed by atoms with Crippen molar-refractivity contribution in [3.63, 3.8) is 0 Å². The molecule has 1 saturated heterocycles. The summed E-state index contributed by atoms with van der Waals surface area (Å²) in [6, 6.07) is -0.357. The average Bonchev–Trinajstić information content (AvgIpc) is 3.25. The molecule has 7 heteroatoms. The molecule has 0 radical (unpaired) electrons. The molecular weight excluding hydrogens is 292 g/mol. The molecule has 0 bridgehead atoms. The number of aryl methyl sites for hydroxylation is 2. The molecule has 6 nitrogen and oxygen atoms in total. The van der Waals surface area contributed by atoms with Gasteiger partial charge in [0.2, 0.25) is 11.8 Å². The SMILES string of the molecule is CCn1nc(C)c(Cl)c1CN1CC(=O)NC(C2CC2)C1=O. The minimum absolute atomic E-state index is 0.00493. The van der Waals surface area contributed by atoms with Crippen LogP contribution in [0.1, 0.15) is 31.2 Å². The van der Waals surface area contributed by atoms with Crippen LogP contribution in [0.4, 0.5) is 0 Å². The minimum atomic E-state index is -0.357. The molecule has 1 unspecified atom stereocenters. The zero-order valence-electron chi connectivity index (χ0n) is 12.2. The standard InChI is InChI=1S/C14H19ClN4O2/c1-3-19-10(12(15)8(2)17-19)6-18-7-11(20)16-13(14(18)21)9-4-5-9/h9,13H,3-7H2,1-2H3,(H,16,20). The summed E-state index contributed by atoms with van der Waals surface area (Å²) in [5.74, 6) is 0.203. The summed E-state index contributed by atoms with van der Waals surface area (Å²) in [6.07, 6.45) is 2.02. The van der Waals surface area contributed by atoms with Crippen molar-refractivity contribution in [1.29, 1.82) is 0 Å². The van der Waals surface area contributed by atoms with Crippen molar-refractivity contribution >= 4 is 23.4 Å². The van der Waals surface area contributed by atoms with Crippen LogP contribution in [-0.2, 0) is 22.7 Å². The van der Waals surface area contributed by atoms with Crippen LogP contribution >= 0.6 is 11.6 Å². The predicted octanol–water partition coefficient (Wildman–Crippen LogP) is 1.10. The molecule has 1 aromatic rings. The third kappa shape index (κ3) is 2.64. The fraction of sp³-hybridized carbons (Fsp3) is 0.643. The van der Waals surface area contributed by atoms with Crippen LogP contribution in [-0.4, -0.2) is 39.1 Å². The monoisotopic (exact) mass is 310 g/mol. The summed E-state index contributed by atoms with van der Waals surface area (Å²) in [6.45, 7) is 4.93. The summed E-state index contributed by atoms with van der Waals surface area (Å²) < 4.78 is 1.80. The number of carbonyl (C=O) groups is 2. The maximum Gasteiger partial charge on any atom is 0.246 e. The number of halogens is 1. The van der Waals surface area contributed by atoms with E-state index in [0.717, 1.165) is 24.2 Å². The van der Waals surface area contributed by atoms with Crippen LogP contribution < -0.4 is 5.32 Å². The number of rotatable bonds is 4. The zero-order valence-corrected chi connectivity index (χ0v) is 13.0. The lowest BCUT2D eigenvalue weighted by Gasteiger charge is -2.32. The minimum Gasteiger partial charge on any atom is -0.342 e. The Morgan fingerprint density at radius 2 is 2.10 bits per heavy atom. The Kier molecular flexibility index (Phi) is 3.65. The second kappa shape index (κ2) is 5.33. The van der Waals surface area contributed by atoms with Crippen LogP contribution in [0.3, 0.4) is 0 Å². The number of nitrogens with zero attached hydrogens (tertiary/aromatic N) is 3. The maximum atomic E-state index is 12.5. The molecule has 2 fully saturated rings. The summed E-state index contributed by atoms with van der Waals surface area (Å²) in [4.78, 5) is 25.9. The lowest BCUT2D eigenvalue weighted by molar-refractivity contribution is -0.145. The first-order chi connectivity index (χ1) is 10.0. The van der Waals surface area contributed by atoms with Gasteiger partial charge in [0.15, 0.2) is 0 Å². The second-order valence-corrected chi connectivity index (χ2v) is 6.12. The lowest BCUT2D eigenvalue weighted by Crippen LogP contribution is -2.58. The highest BCUT2D eigenvalue weighted by Gasteiger charge is 2.42. The van der Waals surface area contributed by atoms with E-state index in [9.17, 15) is 9.59 Å². The first kappa shape index (κ1) is 14.4. The summed E-state index contributed by atoms with van der Waals surface area (Å²) >= 11 is 6.29. The Labute approximate surface area is 128 Å². The van der Waals surface area contributed by atoms with Gasteiger partial charge in [-0.25, -0.2) is 0 Å². The van der Waals surface area contributed by atoms with Crippen molar-refractivity contribution < 1.29 is 9.59 Å². The van der Waals surface area contributed by atoms with Gasteiger partial charge in [0.05, 0.1) is 23.0 Å². The predicted molar refractivity (Wildman–Crippen MR) is 77.7 cm³/mol. The largest absolute Gasteiger partial charge is 0.342 e. The lowest BCUT2D eigenvalue weighted by atomic mass is 10.1. The molecule has 114 valence electrons. The Morgan fingerprint density at radius 3 is 2.71 bits per heavy atom. The number of hydrogen-bond acceptors (Lipinski definition) is 3. The van der Waals surface area contributed by atoms with Crippen LogP contribution in [0, 0.1) is 12.8 Å². The van der Waals surface area contributed by atoms with Crippen molar-refractivity contribution in [2.75, 3.05) is 6.54 Å². The van der Waals surface area contributed by atoms with Crippen molar-refractivity contribution in [2.45, 2.75) is 45.8 Å². The van der Waals surface area contributed by atoms with E-state index in [0.29, 0.717) is 24.0 Å². The molecule has 1 aliphatic carbocycles. The normalized spacial score (nSPS) is 22.6. The molecule has 21 heavy (non-hydrogen) atoms. The number of nitrogens with one attached hydrogen (secondary N) is 1. The van der Waals surface area contributed by atoms with E-state index in [4.69, 9.17) is 11.6 Å². The van der Waals surface area contributed by atoms with Gasteiger partial charge in [0.25, 0.3) is 0 Å². The topological polar surface area (TPSA) is 67.2 Å². The van der Waals surface area contributed by atoms with Gasteiger partial charge in [-0.3, -0.25) is 14.3 Å². The quantitative estimate of drug-likeness (QED) is 0.905. The van der Waals surface area contributed by atoms with Gasteiger partial charge in [-0.05, 0) is 32.6 Å². The molecular formula is C14H19ClN4O2. The second-order valence-electron chi connectivity index (χ2n) is 5.74. The van der Waals surface area contributed by atoms with Crippen LogP contribution in [0.5, 0.6) is 0 Å². The molecule has 2 aliphatic rings. The number of hydrogen-bond donors (Lipinski definition) is 1. The van der Waals surface area contributed by atoms with Gasteiger partial charge < -0.3 is 10.2 Å². The molecule has 1 atom stereocenters. The Bertz CT molecular complexity index is 594. The van der Waals surface area contributed by atoms with Crippen LogP contribution in [0.15, 0.2) is 0 Å². The highest BCUT2D eigenvalue weighted by atomic mass is 35.5. The molecule has 3 rings (SSSR count). The molecule has 1 N–H and O–H groups in total. The molecule has 2 heterocycles.